The van der Waals surface area contributed by atoms with Crippen molar-refractivity contribution in [2.24, 2.45) is 0 Å². The van der Waals surface area contributed by atoms with Crippen LogP contribution in [0.25, 0.3) is 63.4 Å². The van der Waals surface area contributed by atoms with Crippen molar-refractivity contribution in [1.29, 1.82) is 0 Å². The minimum absolute atomic E-state index is 0.102. The highest BCUT2D eigenvalue weighted by Crippen LogP contribution is 2.40. The highest BCUT2D eigenvalue weighted by Gasteiger charge is 2.24. The maximum Gasteiger partial charge on any atom is 0.343 e. The lowest BCUT2D eigenvalue weighted by Gasteiger charge is -2.12. The molecule has 0 fully saturated rings. The number of hydrogen-bond acceptors (Lipinski definition) is 21. The van der Waals surface area contributed by atoms with Crippen molar-refractivity contribution < 1.29 is 57.0 Å². The topological polar surface area (TPSA) is 212 Å². The number of ether oxygens (including phenoxy) is 9. The lowest BCUT2D eigenvalue weighted by molar-refractivity contribution is 0.0734. The van der Waals surface area contributed by atoms with Crippen LogP contribution in [0.3, 0.4) is 0 Å². The lowest BCUT2D eigenvalue weighted by Crippen LogP contribution is -2.16. The fourth-order valence-electron chi connectivity index (χ4n) is 16.0. The molecule has 0 aliphatic carbocycles. The summed E-state index contributed by atoms with van der Waals surface area (Å²) in [6, 6.07) is 43.0. The number of hydrogen-bond donors (Lipinski definition) is 0. The van der Waals surface area contributed by atoms with Crippen molar-refractivity contribution in [3.05, 3.63) is 162 Å². The molecule has 0 bridgehead atoms. The van der Waals surface area contributed by atoms with Crippen LogP contribution in [0, 0.1) is 0 Å². The van der Waals surface area contributed by atoms with Gasteiger partial charge in [-0.25, -0.2) is 14.4 Å². The number of benzene rings is 7. The Morgan fingerprint density at radius 3 is 0.523 bits per heavy atom. The van der Waals surface area contributed by atoms with E-state index in [1.165, 1.54) is 283 Å². The molecule has 7 aromatic carbocycles. The summed E-state index contributed by atoms with van der Waals surface area (Å²) in [5.74, 6) is 2.54. The van der Waals surface area contributed by atoms with Crippen molar-refractivity contribution in [2.75, 3.05) is 39.6 Å². The van der Waals surface area contributed by atoms with Crippen molar-refractivity contribution in [2.45, 2.75) is 350 Å². The Hall–Kier alpha value is -9.57. The molecule has 18 nitrogen and oxygen atoms in total. The highest BCUT2D eigenvalue weighted by atomic mass is 32.1. The minimum Gasteiger partial charge on any atom is -0.493 e. The number of carbonyl (C=O) groups excluding carboxylic acids is 3. The molecule has 0 unspecified atom stereocenters. The summed E-state index contributed by atoms with van der Waals surface area (Å²) < 4.78 is 56.6. The Kier molecular flexibility index (Phi) is 49.7. The van der Waals surface area contributed by atoms with Gasteiger partial charge >= 0.3 is 17.9 Å². The van der Waals surface area contributed by atoms with Crippen molar-refractivity contribution in [3.63, 3.8) is 0 Å². The molecule has 21 heteroatoms. The van der Waals surface area contributed by atoms with Crippen LogP contribution >= 0.6 is 34.0 Å². The summed E-state index contributed by atoms with van der Waals surface area (Å²) in [6.45, 7) is 17.2. The normalized spacial score (nSPS) is 11.3. The molecule has 10 aromatic rings. The van der Waals surface area contributed by atoms with E-state index in [0.29, 0.717) is 69.7 Å². The van der Waals surface area contributed by atoms with Gasteiger partial charge in [0, 0.05) is 51.6 Å². The molecule has 0 saturated carbocycles. The van der Waals surface area contributed by atoms with Crippen LogP contribution in [0.2, 0.25) is 0 Å². The van der Waals surface area contributed by atoms with Gasteiger partial charge in [0.05, 0.1) is 56.3 Å². The van der Waals surface area contributed by atoms with Crippen molar-refractivity contribution >= 4 is 51.9 Å². The smallest absolute Gasteiger partial charge is 0.343 e. The molecule has 0 N–H and O–H groups in total. The first-order valence-electron chi connectivity index (χ1n) is 50.8. The molecular weight excluding hydrogens is 1710 g/mol. The van der Waals surface area contributed by atoms with Gasteiger partial charge in [-0.3, -0.25) is 0 Å². The highest BCUT2D eigenvalue weighted by molar-refractivity contribution is 7.18. The number of aromatic nitrogens is 6. The first-order valence-corrected chi connectivity index (χ1v) is 53.3. The van der Waals surface area contributed by atoms with Crippen LogP contribution in [-0.4, -0.2) is 88.1 Å². The molecule has 0 aliphatic rings. The zero-order chi connectivity index (χ0) is 92.5. The van der Waals surface area contributed by atoms with Crippen LogP contribution in [0.4, 0.5) is 0 Å². The maximum atomic E-state index is 14.6. The third-order valence-corrected chi connectivity index (χ3v) is 26.9. The van der Waals surface area contributed by atoms with E-state index < -0.39 is 17.9 Å². The van der Waals surface area contributed by atoms with E-state index in [9.17, 15) is 14.4 Å². The second-order valence-electron chi connectivity index (χ2n) is 35.3. The molecule has 3 aromatic heterocycles. The molecule has 0 atom stereocenters. The fraction of sp³-hybridized carbons (Fsp3) is 0.541. The average molecular weight is 1860 g/mol. The molecule has 132 heavy (non-hydrogen) atoms. The molecule has 0 amide bonds. The quantitative estimate of drug-likeness (QED) is 0.0197. The van der Waals surface area contributed by atoms with Crippen LogP contribution in [0.1, 0.15) is 381 Å². The second kappa shape index (κ2) is 62.8. The maximum absolute atomic E-state index is 14.6. The Morgan fingerprint density at radius 1 is 0.189 bits per heavy atom. The molecule has 0 saturated heterocycles. The van der Waals surface area contributed by atoms with Crippen LogP contribution < -0.4 is 42.6 Å². The van der Waals surface area contributed by atoms with Crippen LogP contribution in [0.5, 0.6) is 51.7 Å². The van der Waals surface area contributed by atoms with E-state index in [2.05, 4.69) is 72.1 Å². The molecule has 0 radical (unpaired) electrons. The van der Waals surface area contributed by atoms with E-state index >= 15 is 0 Å². The summed E-state index contributed by atoms with van der Waals surface area (Å²) in [5, 5.41) is 31.9. The van der Waals surface area contributed by atoms with Crippen LogP contribution in [-0.2, 0) is 0 Å². The van der Waals surface area contributed by atoms with E-state index in [1.54, 1.807) is 36.4 Å². The summed E-state index contributed by atoms with van der Waals surface area (Å²) in [4.78, 5) is 43.7. The van der Waals surface area contributed by atoms with Gasteiger partial charge in [-0.2, -0.15) is 0 Å². The average Bonchev–Trinajstić information content (AvgIpc) is 1.22. The third-order valence-electron chi connectivity index (χ3n) is 23.8. The Balaban J connectivity index is 0.842. The van der Waals surface area contributed by atoms with E-state index in [1.807, 2.05) is 91.0 Å². The summed E-state index contributed by atoms with van der Waals surface area (Å²) in [7, 11) is 0. The summed E-state index contributed by atoms with van der Waals surface area (Å²) in [5.41, 5.74) is 4.49. The van der Waals surface area contributed by atoms with Crippen LogP contribution in [0.15, 0.2) is 146 Å². The van der Waals surface area contributed by atoms with Gasteiger partial charge in [0.1, 0.15) is 81.8 Å². The monoisotopic (exact) mass is 1860 g/mol. The Labute approximate surface area is 801 Å². The van der Waals surface area contributed by atoms with Gasteiger partial charge in [0.2, 0.25) is 0 Å². The molecule has 10 rings (SSSR count). The molecule has 714 valence electrons. The van der Waals surface area contributed by atoms with Gasteiger partial charge in [-0.15, -0.1) is 30.6 Å². The van der Waals surface area contributed by atoms with Gasteiger partial charge in [0.15, 0.2) is 0 Å². The zero-order valence-electron chi connectivity index (χ0n) is 80.3. The Bertz CT molecular complexity index is 4260. The number of nitrogens with zero attached hydrogens (tertiary/aromatic N) is 6. The van der Waals surface area contributed by atoms with E-state index in [4.69, 9.17) is 42.6 Å². The van der Waals surface area contributed by atoms with Gasteiger partial charge in [0.25, 0.3) is 0 Å². The van der Waals surface area contributed by atoms with Crippen molar-refractivity contribution in [3.8, 4) is 115 Å². The largest absolute Gasteiger partial charge is 0.493 e. The number of esters is 3. The second-order valence-corrected chi connectivity index (χ2v) is 38.2. The molecule has 0 spiro atoms. The summed E-state index contributed by atoms with van der Waals surface area (Å²) in [6.07, 6.45) is 58.3. The van der Waals surface area contributed by atoms with E-state index in [0.717, 1.165) is 145 Å². The number of rotatable bonds is 72. The van der Waals surface area contributed by atoms with E-state index in [-0.39, 0.29) is 33.9 Å². The molecular formula is C111H150N6O12S3. The number of carbonyl (C=O) groups is 3. The van der Waals surface area contributed by atoms with Gasteiger partial charge < -0.3 is 42.6 Å². The van der Waals surface area contributed by atoms with Crippen molar-refractivity contribution in [1.82, 2.24) is 30.6 Å². The lowest BCUT2D eigenvalue weighted by atomic mass is 10.1. The fourth-order valence-corrected chi connectivity index (χ4v) is 18.5. The standard InChI is InChI=1S/C111H150N6O12S3/c1-7-13-19-25-31-37-43-49-67-121-97-76-88(77-98(82-97)122-68-50-44-38-32-26-20-14-8-2)106-115-112-103(130-106)85-55-61-94(62-56-85)127-109(118)91-73-92(110(119)128-95-63-57-86(58-64-95)104-113-116-107(131-104)89-78-99(123-69-51-45-39-33-27-21-15-9-3)83-100(79-89)124-70-52-46-40-34-28-22-16-10-4)75-93(74-91)111(120)129-96-65-59-87(60-66-96)105-114-117-108(132-105)90-80-101(125-71-53-47-41-35-29-23-17-11-5)84-102(81-90)126-72-54-48-42-36-30-24-18-12-6/h55-66,73-84H,7-54,67-72H2,1-6H3. The van der Waals surface area contributed by atoms with Gasteiger partial charge in [-0.1, -0.05) is 345 Å². The predicted octanol–water partition coefficient (Wildman–Crippen LogP) is 33.0. The first-order chi connectivity index (χ1) is 65.0. The number of unbranched alkanes of at least 4 members (excludes halogenated alkanes) is 42. The first kappa shape index (κ1) is 105. The Morgan fingerprint density at radius 2 is 0.348 bits per heavy atom. The van der Waals surface area contributed by atoms with Gasteiger partial charge in [-0.05, 0) is 166 Å². The predicted molar refractivity (Wildman–Crippen MR) is 542 cm³/mol. The minimum atomic E-state index is -0.836. The SMILES string of the molecule is CCCCCCCCCCOc1cc(OCCCCCCCCCC)cc(-c2nnc(-c3ccc(OC(=O)c4cc(C(=O)Oc5ccc(-c6nnc(-c7cc(OCCCCCCCCCC)cc(OCCCCCCCCCC)c7)s6)cc5)cc(C(=O)Oc5ccc(-c6nnc(-c7cc(OCCCCCCCCCC)cc(OCCCCCCCCCC)c7)s6)cc5)c4)cc3)s2)c1. The third kappa shape index (κ3) is 39.2. The zero-order valence-corrected chi connectivity index (χ0v) is 82.8. The molecule has 0 aliphatic heterocycles. The summed E-state index contributed by atoms with van der Waals surface area (Å²) >= 11 is 4.30. The molecule has 3 heterocycles.